The second-order valence-electron chi connectivity index (χ2n) is 6.56. The number of benzene rings is 2. The van der Waals surface area contributed by atoms with Gasteiger partial charge in [-0.3, -0.25) is 4.79 Å². The Hall–Kier alpha value is -2.73. The van der Waals surface area contributed by atoms with Crippen LogP contribution in [0.15, 0.2) is 42.5 Å². The molecule has 1 amide bonds. The van der Waals surface area contributed by atoms with E-state index in [-0.39, 0.29) is 6.10 Å². The van der Waals surface area contributed by atoms with Crippen molar-refractivity contribution < 1.29 is 23.5 Å². The number of carbonyl (C=O) groups excluding carboxylic acids is 2. The maximum atomic E-state index is 13.5. The van der Waals surface area contributed by atoms with Crippen LogP contribution in [0.25, 0.3) is 0 Å². The molecule has 1 atom stereocenters. The first-order valence-electron chi connectivity index (χ1n) is 8.75. The molecule has 2 rings (SSSR count). The van der Waals surface area contributed by atoms with Crippen LogP contribution < -0.4 is 5.32 Å². The predicted molar refractivity (Wildman–Crippen MR) is 101 cm³/mol. The molecule has 0 unspecified atom stereocenters. The van der Waals surface area contributed by atoms with Gasteiger partial charge in [0.25, 0.3) is 5.91 Å². The summed E-state index contributed by atoms with van der Waals surface area (Å²) in [6.07, 6.45) is -0.901. The van der Waals surface area contributed by atoms with Crippen LogP contribution >= 0.6 is 0 Å². The van der Waals surface area contributed by atoms with Crippen molar-refractivity contribution in [1.82, 2.24) is 0 Å². The third kappa shape index (κ3) is 6.18. The quantitative estimate of drug-likeness (QED) is 0.737. The molecular formula is C21H24FNO4. The van der Waals surface area contributed by atoms with Crippen LogP contribution in [0, 0.1) is 12.7 Å². The highest BCUT2D eigenvalue weighted by Crippen LogP contribution is 2.15. The van der Waals surface area contributed by atoms with Gasteiger partial charge in [-0.1, -0.05) is 18.2 Å². The van der Waals surface area contributed by atoms with Gasteiger partial charge in [0.15, 0.2) is 6.10 Å². The summed E-state index contributed by atoms with van der Waals surface area (Å²) in [6, 6.07) is 11.2. The predicted octanol–water partition coefficient (Wildman–Crippen LogP) is 4.24. The molecule has 0 heterocycles. The molecule has 0 aliphatic rings. The number of nitrogens with one attached hydrogen (secondary N) is 1. The van der Waals surface area contributed by atoms with Gasteiger partial charge < -0.3 is 14.8 Å². The number of aryl methyl sites for hydroxylation is 1. The number of anilines is 1. The van der Waals surface area contributed by atoms with Crippen molar-refractivity contribution in [2.75, 3.05) is 5.32 Å². The highest BCUT2D eigenvalue weighted by Gasteiger charge is 2.19. The number of ether oxygens (including phenoxy) is 2. The van der Waals surface area contributed by atoms with E-state index in [9.17, 15) is 14.0 Å². The molecule has 0 aliphatic heterocycles. The Kier molecular flexibility index (Phi) is 7.07. The lowest BCUT2D eigenvalue weighted by molar-refractivity contribution is -0.123. The Bertz CT molecular complexity index is 802. The molecule has 1 N–H and O–H groups in total. The van der Waals surface area contributed by atoms with Gasteiger partial charge in [-0.25, -0.2) is 9.18 Å². The Balaban J connectivity index is 1.91. The first kappa shape index (κ1) is 20.6. The van der Waals surface area contributed by atoms with Gasteiger partial charge in [0.2, 0.25) is 0 Å². The van der Waals surface area contributed by atoms with Gasteiger partial charge in [-0.2, -0.15) is 0 Å². The zero-order valence-electron chi connectivity index (χ0n) is 15.9. The van der Waals surface area contributed by atoms with Gasteiger partial charge in [0.1, 0.15) is 5.82 Å². The van der Waals surface area contributed by atoms with Gasteiger partial charge in [-0.05, 0) is 63.1 Å². The van der Waals surface area contributed by atoms with E-state index in [1.165, 1.54) is 13.0 Å². The van der Waals surface area contributed by atoms with Gasteiger partial charge in [0, 0.05) is 5.69 Å². The summed E-state index contributed by atoms with van der Waals surface area (Å²) in [5.41, 5.74) is 2.06. The molecule has 0 fully saturated rings. The molecule has 0 spiro atoms. The highest BCUT2D eigenvalue weighted by atomic mass is 19.1. The minimum absolute atomic E-state index is 0.121. The molecule has 0 saturated heterocycles. The molecule has 0 saturated carbocycles. The number of hydrogen-bond donors (Lipinski definition) is 1. The fourth-order valence-corrected chi connectivity index (χ4v) is 2.20. The topological polar surface area (TPSA) is 64.6 Å². The molecule has 6 heteroatoms. The van der Waals surface area contributed by atoms with Gasteiger partial charge >= 0.3 is 5.97 Å². The third-order valence-corrected chi connectivity index (χ3v) is 3.87. The van der Waals surface area contributed by atoms with Crippen molar-refractivity contribution in [3.05, 3.63) is 65.0 Å². The zero-order chi connectivity index (χ0) is 20.0. The number of carbonyl (C=O) groups is 2. The Morgan fingerprint density at radius 3 is 2.33 bits per heavy atom. The summed E-state index contributed by atoms with van der Waals surface area (Å²) < 4.78 is 24.2. The SMILES string of the molecule is Cc1ccc(NC(=O)[C@H](C)OC(=O)c2ccc(COC(C)C)cc2)cc1F. The molecule has 5 nitrogen and oxygen atoms in total. The van der Waals surface area contributed by atoms with Crippen LogP contribution in [0.2, 0.25) is 0 Å². The van der Waals surface area contributed by atoms with E-state index < -0.39 is 23.8 Å². The maximum absolute atomic E-state index is 13.5. The summed E-state index contributed by atoms with van der Waals surface area (Å²) in [5.74, 6) is -1.56. The molecule has 2 aromatic carbocycles. The lowest BCUT2D eigenvalue weighted by Crippen LogP contribution is -2.30. The number of hydrogen-bond acceptors (Lipinski definition) is 4. The minimum Gasteiger partial charge on any atom is -0.449 e. The second kappa shape index (κ2) is 9.28. The lowest BCUT2D eigenvalue weighted by Gasteiger charge is -2.14. The fraction of sp³-hybridized carbons (Fsp3) is 0.333. The Morgan fingerprint density at radius 1 is 1.07 bits per heavy atom. The molecule has 144 valence electrons. The number of esters is 1. The van der Waals surface area contributed by atoms with E-state index in [1.54, 1.807) is 43.3 Å². The monoisotopic (exact) mass is 373 g/mol. The average Bonchev–Trinajstić information content (AvgIpc) is 2.63. The second-order valence-corrected chi connectivity index (χ2v) is 6.56. The van der Waals surface area contributed by atoms with Crippen LogP contribution in [-0.4, -0.2) is 24.1 Å². The van der Waals surface area contributed by atoms with Crippen molar-refractivity contribution in [3.8, 4) is 0 Å². The molecule has 0 radical (unpaired) electrons. The minimum atomic E-state index is -1.02. The van der Waals surface area contributed by atoms with Crippen molar-refractivity contribution in [1.29, 1.82) is 0 Å². The standard InChI is InChI=1S/C21H24FNO4/c1-13(2)26-12-16-6-8-17(9-7-16)21(25)27-15(4)20(24)23-18-10-5-14(3)19(22)11-18/h5-11,13,15H,12H2,1-4H3,(H,23,24)/t15-/m0/s1. The van der Waals surface area contributed by atoms with Crippen molar-refractivity contribution in [3.63, 3.8) is 0 Å². The fourth-order valence-electron chi connectivity index (χ4n) is 2.20. The van der Waals surface area contributed by atoms with Crippen molar-refractivity contribution in [2.45, 2.75) is 46.5 Å². The average molecular weight is 373 g/mol. The van der Waals surface area contributed by atoms with Gasteiger partial charge in [0.05, 0.1) is 18.3 Å². The highest BCUT2D eigenvalue weighted by molar-refractivity contribution is 5.97. The number of halogens is 1. The summed E-state index contributed by atoms with van der Waals surface area (Å²) in [7, 11) is 0. The first-order chi connectivity index (χ1) is 12.8. The van der Waals surface area contributed by atoms with E-state index >= 15 is 0 Å². The first-order valence-corrected chi connectivity index (χ1v) is 8.75. The molecular weight excluding hydrogens is 349 g/mol. The van der Waals surface area contributed by atoms with Crippen molar-refractivity contribution in [2.24, 2.45) is 0 Å². The summed E-state index contributed by atoms with van der Waals surface area (Å²) in [5, 5.41) is 2.53. The lowest BCUT2D eigenvalue weighted by atomic mass is 10.1. The summed E-state index contributed by atoms with van der Waals surface area (Å²) >= 11 is 0. The number of rotatable bonds is 7. The molecule has 2 aromatic rings. The van der Waals surface area contributed by atoms with Crippen LogP contribution in [0.1, 0.15) is 42.3 Å². The van der Waals surface area contributed by atoms with Crippen LogP contribution in [0.5, 0.6) is 0 Å². The zero-order valence-corrected chi connectivity index (χ0v) is 15.9. The summed E-state index contributed by atoms with van der Waals surface area (Å²) in [6.45, 7) is 7.44. The van der Waals surface area contributed by atoms with Crippen molar-refractivity contribution >= 4 is 17.6 Å². The third-order valence-electron chi connectivity index (χ3n) is 3.87. The molecule has 0 aromatic heterocycles. The van der Waals surface area contributed by atoms with Gasteiger partial charge in [-0.15, -0.1) is 0 Å². The largest absolute Gasteiger partial charge is 0.449 e. The number of amides is 1. The Labute approximate surface area is 158 Å². The molecule has 0 aliphatic carbocycles. The van der Waals surface area contributed by atoms with E-state index in [0.29, 0.717) is 23.4 Å². The van der Waals surface area contributed by atoms with E-state index in [2.05, 4.69) is 5.32 Å². The van der Waals surface area contributed by atoms with E-state index in [1.807, 2.05) is 13.8 Å². The Morgan fingerprint density at radius 2 is 1.74 bits per heavy atom. The van der Waals surface area contributed by atoms with Crippen LogP contribution in [0.3, 0.4) is 0 Å². The van der Waals surface area contributed by atoms with E-state index in [0.717, 1.165) is 5.56 Å². The molecule has 0 bridgehead atoms. The smallest absolute Gasteiger partial charge is 0.338 e. The molecule has 27 heavy (non-hydrogen) atoms. The van der Waals surface area contributed by atoms with Crippen LogP contribution in [0.4, 0.5) is 10.1 Å². The summed E-state index contributed by atoms with van der Waals surface area (Å²) in [4.78, 5) is 24.3. The van der Waals surface area contributed by atoms with E-state index in [4.69, 9.17) is 9.47 Å². The maximum Gasteiger partial charge on any atom is 0.338 e. The normalized spacial score (nSPS) is 11.9. The van der Waals surface area contributed by atoms with Crippen LogP contribution in [-0.2, 0) is 20.9 Å².